The molecule has 0 aromatic carbocycles. The van der Waals surface area contributed by atoms with Crippen molar-refractivity contribution in [3.63, 3.8) is 0 Å². The molecule has 5 nitrogen and oxygen atoms in total. The first-order valence-electron chi connectivity index (χ1n) is 6.73. The highest BCUT2D eigenvalue weighted by atomic mass is 32.1. The number of aromatic nitrogens is 2. The fourth-order valence-electron chi connectivity index (χ4n) is 2.38. The first-order valence-corrected chi connectivity index (χ1v) is 7.50. The number of nitrogen functional groups attached to an aromatic ring is 1. The Morgan fingerprint density at radius 3 is 2.75 bits per heavy atom. The molecule has 1 fully saturated rings. The van der Waals surface area contributed by atoms with Crippen molar-refractivity contribution >= 4 is 23.1 Å². The summed E-state index contributed by atoms with van der Waals surface area (Å²) in [6, 6.07) is 5.57. The second-order valence-electron chi connectivity index (χ2n) is 4.84. The van der Waals surface area contributed by atoms with Crippen LogP contribution in [0.3, 0.4) is 0 Å². The van der Waals surface area contributed by atoms with Gasteiger partial charge in [-0.25, -0.2) is 0 Å². The van der Waals surface area contributed by atoms with Crippen molar-refractivity contribution in [2.24, 2.45) is 0 Å². The molecule has 3 rings (SSSR count). The summed E-state index contributed by atoms with van der Waals surface area (Å²) in [5.74, 6) is 0.00174. The van der Waals surface area contributed by atoms with Gasteiger partial charge in [0.25, 0.3) is 5.91 Å². The summed E-state index contributed by atoms with van der Waals surface area (Å²) in [5, 5.41) is 0. The Morgan fingerprint density at radius 1 is 1.25 bits per heavy atom. The SMILES string of the molecule is Nc1c(-c2ccccn2)nsc1C(=O)N1CCCCC1. The van der Waals surface area contributed by atoms with E-state index in [9.17, 15) is 4.79 Å². The van der Waals surface area contributed by atoms with Gasteiger partial charge in [0.1, 0.15) is 10.6 Å². The number of nitrogens with zero attached hydrogens (tertiary/aromatic N) is 3. The molecular weight excluding hydrogens is 272 g/mol. The molecule has 6 heteroatoms. The lowest BCUT2D eigenvalue weighted by Gasteiger charge is -2.26. The van der Waals surface area contributed by atoms with Gasteiger partial charge in [0.05, 0.1) is 11.4 Å². The molecular formula is C14H16N4OS. The highest BCUT2D eigenvalue weighted by molar-refractivity contribution is 7.09. The van der Waals surface area contributed by atoms with Crippen LogP contribution in [0.2, 0.25) is 0 Å². The fraction of sp³-hybridized carbons (Fsp3) is 0.357. The van der Waals surface area contributed by atoms with Crippen LogP contribution in [-0.2, 0) is 0 Å². The number of likely N-dealkylation sites (tertiary alicyclic amines) is 1. The van der Waals surface area contributed by atoms with Gasteiger partial charge in [-0.1, -0.05) is 6.07 Å². The fourth-order valence-corrected chi connectivity index (χ4v) is 3.16. The molecule has 0 saturated carbocycles. The van der Waals surface area contributed by atoms with Crippen LogP contribution in [0, 0.1) is 0 Å². The van der Waals surface area contributed by atoms with Crippen molar-refractivity contribution in [3.05, 3.63) is 29.3 Å². The van der Waals surface area contributed by atoms with Gasteiger partial charge in [0.2, 0.25) is 0 Å². The molecule has 1 saturated heterocycles. The Morgan fingerprint density at radius 2 is 2.05 bits per heavy atom. The maximum Gasteiger partial charge on any atom is 0.267 e. The number of anilines is 1. The summed E-state index contributed by atoms with van der Waals surface area (Å²) in [5.41, 5.74) is 7.87. The molecule has 2 aromatic rings. The molecule has 1 aliphatic heterocycles. The number of rotatable bonds is 2. The minimum atomic E-state index is 0.00174. The molecule has 1 aliphatic rings. The highest BCUT2D eigenvalue weighted by Gasteiger charge is 2.24. The average molecular weight is 288 g/mol. The number of pyridine rings is 1. The van der Waals surface area contributed by atoms with Crippen LogP contribution in [0.15, 0.2) is 24.4 Å². The zero-order valence-electron chi connectivity index (χ0n) is 11.1. The van der Waals surface area contributed by atoms with Crippen LogP contribution in [0.5, 0.6) is 0 Å². The van der Waals surface area contributed by atoms with Gasteiger partial charge in [0.15, 0.2) is 0 Å². The quantitative estimate of drug-likeness (QED) is 0.921. The summed E-state index contributed by atoms with van der Waals surface area (Å²) < 4.78 is 4.31. The van der Waals surface area contributed by atoms with Gasteiger partial charge in [-0.15, -0.1) is 0 Å². The first kappa shape index (κ1) is 13.1. The van der Waals surface area contributed by atoms with E-state index in [2.05, 4.69) is 9.36 Å². The molecule has 2 aromatic heterocycles. The zero-order valence-corrected chi connectivity index (χ0v) is 11.9. The van der Waals surface area contributed by atoms with E-state index in [-0.39, 0.29) is 5.91 Å². The minimum Gasteiger partial charge on any atom is -0.396 e. The van der Waals surface area contributed by atoms with Crippen molar-refractivity contribution in [2.45, 2.75) is 19.3 Å². The molecule has 1 amide bonds. The van der Waals surface area contributed by atoms with Gasteiger partial charge >= 0.3 is 0 Å². The van der Waals surface area contributed by atoms with Gasteiger partial charge in [-0.05, 0) is 42.9 Å². The monoisotopic (exact) mass is 288 g/mol. The molecule has 0 radical (unpaired) electrons. The van der Waals surface area contributed by atoms with Gasteiger partial charge in [-0.3, -0.25) is 9.78 Å². The van der Waals surface area contributed by atoms with E-state index >= 15 is 0 Å². The Hall–Kier alpha value is -1.95. The average Bonchev–Trinajstić information content (AvgIpc) is 2.90. The number of amides is 1. The maximum absolute atomic E-state index is 12.5. The second kappa shape index (κ2) is 5.58. The number of carbonyl (C=O) groups excluding carboxylic acids is 1. The molecule has 0 bridgehead atoms. The Labute approximate surface area is 121 Å². The largest absolute Gasteiger partial charge is 0.396 e. The van der Waals surface area contributed by atoms with E-state index in [1.807, 2.05) is 23.1 Å². The van der Waals surface area contributed by atoms with E-state index in [1.54, 1.807) is 6.20 Å². The molecule has 104 valence electrons. The van der Waals surface area contributed by atoms with Crippen molar-refractivity contribution in [2.75, 3.05) is 18.8 Å². The molecule has 0 unspecified atom stereocenters. The maximum atomic E-state index is 12.5. The lowest BCUT2D eigenvalue weighted by molar-refractivity contribution is 0.0730. The summed E-state index contributed by atoms with van der Waals surface area (Å²) in [7, 11) is 0. The highest BCUT2D eigenvalue weighted by Crippen LogP contribution is 2.30. The third kappa shape index (κ3) is 2.38. The van der Waals surface area contributed by atoms with E-state index in [4.69, 9.17) is 5.73 Å². The second-order valence-corrected chi connectivity index (χ2v) is 5.62. The summed E-state index contributed by atoms with van der Waals surface area (Å²) in [6.45, 7) is 1.63. The third-order valence-electron chi connectivity index (χ3n) is 3.47. The van der Waals surface area contributed by atoms with Crippen LogP contribution >= 0.6 is 11.5 Å². The third-order valence-corrected chi connectivity index (χ3v) is 4.32. The molecule has 3 heterocycles. The van der Waals surface area contributed by atoms with Crippen molar-refractivity contribution < 1.29 is 4.79 Å². The normalized spacial score (nSPS) is 15.3. The summed E-state index contributed by atoms with van der Waals surface area (Å²) in [6.07, 6.45) is 5.02. The number of piperidine rings is 1. The number of nitrogens with two attached hydrogens (primary N) is 1. The molecule has 0 spiro atoms. The minimum absolute atomic E-state index is 0.00174. The Kier molecular flexibility index (Phi) is 3.64. The number of carbonyl (C=O) groups is 1. The number of hydrogen-bond donors (Lipinski definition) is 1. The standard InChI is InChI=1S/C14H16N4OS/c15-11-12(10-6-2-3-7-16-10)17-20-13(11)14(19)18-8-4-1-5-9-18/h2-3,6-7H,1,4-5,8-9,15H2. The Balaban J connectivity index is 1.88. The Bertz CT molecular complexity index is 605. The van der Waals surface area contributed by atoms with Crippen LogP contribution in [0.25, 0.3) is 11.4 Å². The molecule has 0 atom stereocenters. The molecule has 0 aliphatic carbocycles. The molecule has 2 N–H and O–H groups in total. The summed E-state index contributed by atoms with van der Waals surface area (Å²) >= 11 is 1.17. The van der Waals surface area contributed by atoms with Crippen molar-refractivity contribution in [3.8, 4) is 11.4 Å². The number of hydrogen-bond acceptors (Lipinski definition) is 5. The topological polar surface area (TPSA) is 72.1 Å². The lowest BCUT2D eigenvalue weighted by Crippen LogP contribution is -2.35. The first-order chi connectivity index (χ1) is 9.77. The van der Waals surface area contributed by atoms with Crippen LogP contribution < -0.4 is 5.73 Å². The van der Waals surface area contributed by atoms with Gasteiger partial charge in [-0.2, -0.15) is 4.37 Å². The lowest BCUT2D eigenvalue weighted by atomic mass is 10.1. The zero-order chi connectivity index (χ0) is 13.9. The molecule has 20 heavy (non-hydrogen) atoms. The predicted molar refractivity (Wildman–Crippen MR) is 79.5 cm³/mol. The van der Waals surface area contributed by atoms with E-state index in [1.165, 1.54) is 18.0 Å². The van der Waals surface area contributed by atoms with E-state index in [0.29, 0.717) is 22.0 Å². The smallest absolute Gasteiger partial charge is 0.267 e. The summed E-state index contributed by atoms with van der Waals surface area (Å²) in [4.78, 5) is 19.1. The predicted octanol–water partition coefficient (Wildman–Crippen LogP) is 2.41. The van der Waals surface area contributed by atoms with Crippen LogP contribution in [0.4, 0.5) is 5.69 Å². The van der Waals surface area contributed by atoms with Crippen molar-refractivity contribution in [1.29, 1.82) is 0 Å². The van der Waals surface area contributed by atoms with Crippen LogP contribution in [0.1, 0.15) is 28.9 Å². The van der Waals surface area contributed by atoms with E-state index in [0.717, 1.165) is 25.9 Å². The van der Waals surface area contributed by atoms with Gasteiger partial charge < -0.3 is 10.6 Å². The van der Waals surface area contributed by atoms with Gasteiger partial charge in [0, 0.05) is 19.3 Å². The van der Waals surface area contributed by atoms with E-state index < -0.39 is 0 Å². The van der Waals surface area contributed by atoms with Crippen LogP contribution in [-0.4, -0.2) is 33.3 Å². The van der Waals surface area contributed by atoms with Crippen molar-refractivity contribution in [1.82, 2.24) is 14.3 Å².